The van der Waals surface area contributed by atoms with Crippen LogP contribution in [0.1, 0.15) is 41.6 Å². The van der Waals surface area contributed by atoms with E-state index in [-0.39, 0.29) is 5.97 Å². The first-order chi connectivity index (χ1) is 10.7. The van der Waals surface area contributed by atoms with Gasteiger partial charge in [0, 0.05) is 0 Å². The molecule has 3 nitrogen and oxygen atoms in total. The van der Waals surface area contributed by atoms with Crippen LogP contribution in [0.15, 0.2) is 60.7 Å². The van der Waals surface area contributed by atoms with Crippen molar-refractivity contribution in [1.82, 2.24) is 0 Å². The van der Waals surface area contributed by atoms with Gasteiger partial charge in [-0.3, -0.25) is 0 Å². The van der Waals surface area contributed by atoms with Crippen molar-refractivity contribution in [2.24, 2.45) is 0 Å². The van der Waals surface area contributed by atoms with E-state index >= 15 is 0 Å². The molecular formula is C19H20O3. The zero-order chi connectivity index (χ0) is 15.4. The van der Waals surface area contributed by atoms with Gasteiger partial charge in [0.1, 0.15) is 11.7 Å². The van der Waals surface area contributed by atoms with Crippen LogP contribution >= 0.6 is 0 Å². The summed E-state index contributed by atoms with van der Waals surface area (Å²) in [7, 11) is 0. The smallest absolute Gasteiger partial charge is 0.338 e. The molecule has 0 saturated heterocycles. The normalized spacial score (nSPS) is 24.7. The predicted octanol–water partition coefficient (Wildman–Crippen LogP) is 3.67. The lowest BCUT2D eigenvalue weighted by Crippen LogP contribution is -2.44. The van der Waals surface area contributed by atoms with E-state index in [2.05, 4.69) is 0 Å². The molecule has 1 fully saturated rings. The number of esters is 1. The summed E-state index contributed by atoms with van der Waals surface area (Å²) in [5, 5.41) is 11.1. The molecule has 0 unspecified atom stereocenters. The molecule has 1 saturated carbocycles. The van der Waals surface area contributed by atoms with Gasteiger partial charge in [-0.15, -0.1) is 0 Å². The van der Waals surface area contributed by atoms with Gasteiger partial charge in [-0.2, -0.15) is 0 Å². The summed E-state index contributed by atoms with van der Waals surface area (Å²) in [4.78, 5) is 12.3. The highest BCUT2D eigenvalue weighted by atomic mass is 16.6. The summed E-state index contributed by atoms with van der Waals surface area (Å²) in [5.41, 5.74) is 0.244. The van der Waals surface area contributed by atoms with Gasteiger partial charge in [0.2, 0.25) is 0 Å². The number of carbonyl (C=O) groups is 1. The van der Waals surface area contributed by atoms with Crippen molar-refractivity contribution < 1.29 is 14.6 Å². The van der Waals surface area contributed by atoms with Gasteiger partial charge in [0.05, 0.1) is 5.56 Å². The fourth-order valence-electron chi connectivity index (χ4n) is 3.11. The first kappa shape index (κ1) is 14.8. The zero-order valence-corrected chi connectivity index (χ0v) is 12.4. The van der Waals surface area contributed by atoms with Crippen LogP contribution in [0.4, 0.5) is 0 Å². The van der Waals surface area contributed by atoms with Crippen molar-refractivity contribution >= 4 is 5.97 Å². The summed E-state index contributed by atoms with van der Waals surface area (Å²) >= 11 is 0. The minimum atomic E-state index is -1.09. The molecule has 0 heterocycles. The van der Waals surface area contributed by atoms with Gasteiger partial charge < -0.3 is 9.84 Å². The average molecular weight is 296 g/mol. The Hall–Kier alpha value is -2.13. The number of aliphatic hydroxyl groups is 1. The van der Waals surface area contributed by atoms with Crippen molar-refractivity contribution in [2.75, 3.05) is 0 Å². The molecular weight excluding hydrogens is 276 g/mol. The molecule has 0 aliphatic heterocycles. The average Bonchev–Trinajstić information content (AvgIpc) is 2.58. The molecule has 1 aliphatic carbocycles. The Morgan fingerprint density at radius 1 is 1.00 bits per heavy atom. The number of hydrogen-bond donors (Lipinski definition) is 1. The number of carbonyl (C=O) groups excluding carboxylic acids is 1. The Morgan fingerprint density at radius 3 is 2.32 bits per heavy atom. The summed E-state index contributed by atoms with van der Waals surface area (Å²) in [6.07, 6.45) is 2.69. The maximum Gasteiger partial charge on any atom is 0.338 e. The van der Waals surface area contributed by atoms with Crippen molar-refractivity contribution in [3.05, 3.63) is 71.8 Å². The van der Waals surface area contributed by atoms with Gasteiger partial charge >= 0.3 is 5.97 Å². The maximum absolute atomic E-state index is 12.3. The molecule has 1 aliphatic rings. The number of hydrogen-bond acceptors (Lipinski definition) is 3. The lowest BCUT2D eigenvalue weighted by Gasteiger charge is -2.39. The van der Waals surface area contributed by atoms with Gasteiger partial charge in [-0.25, -0.2) is 4.79 Å². The van der Waals surface area contributed by atoms with Crippen molar-refractivity contribution in [2.45, 2.75) is 37.4 Å². The zero-order valence-electron chi connectivity index (χ0n) is 12.4. The Kier molecular flexibility index (Phi) is 4.25. The summed E-state index contributed by atoms with van der Waals surface area (Å²) in [5.74, 6) is -0.373. The molecule has 114 valence electrons. The number of ether oxygens (including phenoxy) is 1. The van der Waals surface area contributed by atoms with Crippen LogP contribution in [0, 0.1) is 0 Å². The predicted molar refractivity (Wildman–Crippen MR) is 84.5 cm³/mol. The van der Waals surface area contributed by atoms with E-state index in [0.29, 0.717) is 18.4 Å². The van der Waals surface area contributed by atoms with E-state index in [1.807, 2.05) is 36.4 Å². The van der Waals surface area contributed by atoms with Gasteiger partial charge in [-0.1, -0.05) is 48.5 Å². The number of benzene rings is 2. The minimum absolute atomic E-state index is 0.373. The molecule has 0 aromatic heterocycles. The molecule has 0 bridgehead atoms. The largest absolute Gasteiger partial charge is 0.455 e. The summed E-state index contributed by atoms with van der Waals surface area (Å²) in [6.45, 7) is 0. The van der Waals surface area contributed by atoms with E-state index in [0.717, 1.165) is 18.4 Å². The Bertz CT molecular complexity index is 624. The van der Waals surface area contributed by atoms with E-state index in [9.17, 15) is 9.90 Å². The molecule has 0 amide bonds. The van der Waals surface area contributed by atoms with E-state index in [4.69, 9.17) is 4.74 Å². The van der Waals surface area contributed by atoms with Crippen LogP contribution in [-0.2, 0) is 10.3 Å². The quantitative estimate of drug-likeness (QED) is 0.879. The molecule has 3 heteroatoms. The fraction of sp³-hybridized carbons (Fsp3) is 0.316. The van der Waals surface area contributed by atoms with Gasteiger partial charge in [0.15, 0.2) is 0 Å². The van der Waals surface area contributed by atoms with E-state index in [1.54, 1.807) is 24.3 Å². The second-order valence-electron chi connectivity index (χ2n) is 5.80. The first-order valence-corrected chi connectivity index (χ1v) is 7.74. The molecule has 3 rings (SSSR count). The summed E-state index contributed by atoms with van der Waals surface area (Å²) in [6, 6.07) is 18.4. The lowest BCUT2D eigenvalue weighted by atomic mass is 9.77. The Morgan fingerprint density at radius 2 is 1.64 bits per heavy atom. The van der Waals surface area contributed by atoms with Gasteiger partial charge in [-0.05, 0) is 43.4 Å². The minimum Gasteiger partial charge on any atom is -0.455 e. The van der Waals surface area contributed by atoms with Crippen LogP contribution < -0.4 is 0 Å². The lowest BCUT2D eigenvalue weighted by molar-refractivity contribution is -0.113. The second-order valence-corrected chi connectivity index (χ2v) is 5.80. The maximum atomic E-state index is 12.3. The highest BCUT2D eigenvalue weighted by molar-refractivity contribution is 5.89. The third-order valence-electron chi connectivity index (χ3n) is 4.34. The topological polar surface area (TPSA) is 46.5 Å². The Labute approximate surface area is 130 Å². The molecule has 22 heavy (non-hydrogen) atoms. The van der Waals surface area contributed by atoms with Crippen molar-refractivity contribution in [1.29, 1.82) is 0 Å². The molecule has 2 aromatic rings. The van der Waals surface area contributed by atoms with Crippen LogP contribution in [0.5, 0.6) is 0 Å². The molecule has 0 radical (unpaired) electrons. The molecule has 2 aromatic carbocycles. The van der Waals surface area contributed by atoms with Crippen LogP contribution in [0.25, 0.3) is 0 Å². The number of rotatable bonds is 3. The third-order valence-corrected chi connectivity index (χ3v) is 4.34. The van der Waals surface area contributed by atoms with E-state index in [1.165, 1.54) is 0 Å². The monoisotopic (exact) mass is 296 g/mol. The molecule has 0 spiro atoms. The first-order valence-electron chi connectivity index (χ1n) is 7.74. The second kappa shape index (κ2) is 6.32. The molecule has 1 N–H and O–H groups in total. The molecule has 2 atom stereocenters. The highest BCUT2D eigenvalue weighted by Crippen LogP contribution is 2.39. The van der Waals surface area contributed by atoms with Crippen LogP contribution in [0.2, 0.25) is 0 Å². The van der Waals surface area contributed by atoms with Gasteiger partial charge in [0.25, 0.3) is 0 Å². The van der Waals surface area contributed by atoms with Crippen LogP contribution in [0.3, 0.4) is 0 Å². The fourth-order valence-corrected chi connectivity index (χ4v) is 3.11. The summed E-state index contributed by atoms with van der Waals surface area (Å²) < 4.78 is 5.66. The SMILES string of the molecule is O=C(O[C@@H]1CCCC[C@@]1(O)c1ccccc1)c1ccccc1. The van der Waals surface area contributed by atoms with E-state index < -0.39 is 11.7 Å². The highest BCUT2D eigenvalue weighted by Gasteiger charge is 2.43. The van der Waals surface area contributed by atoms with Crippen molar-refractivity contribution in [3.8, 4) is 0 Å². The standard InChI is InChI=1S/C19H20O3/c20-18(15-9-3-1-4-10-15)22-17-13-7-8-14-19(17,21)16-11-5-2-6-12-16/h1-6,9-12,17,21H,7-8,13-14H2/t17-,19-/m1/s1. The Balaban J connectivity index is 1.83. The van der Waals surface area contributed by atoms with Crippen LogP contribution in [-0.4, -0.2) is 17.2 Å². The van der Waals surface area contributed by atoms with Crippen molar-refractivity contribution in [3.63, 3.8) is 0 Å². The third kappa shape index (κ3) is 2.90.